The van der Waals surface area contributed by atoms with Gasteiger partial charge < -0.3 is 38.0 Å². The molecule has 1 radical (unpaired) electrons. The number of fused-ring (bicyclic) bond motifs is 10. The molecule has 2 aliphatic carbocycles. The normalized spacial score (nSPS) is 16.8. The zero-order valence-electron chi connectivity index (χ0n) is 36.4. The molecule has 10 heteroatoms. The summed E-state index contributed by atoms with van der Waals surface area (Å²) in [5.41, 5.74) is 8.81. The minimum Gasteiger partial charge on any atom is -0.489 e. The van der Waals surface area contributed by atoms with E-state index in [1.807, 2.05) is 0 Å². The first-order chi connectivity index (χ1) is 28.6. The van der Waals surface area contributed by atoms with Gasteiger partial charge in [0.1, 0.15) is 0 Å². The first kappa shape index (κ1) is 44.9. The first-order valence-corrected chi connectivity index (χ1v) is 22.5. The molecule has 0 aliphatic heterocycles. The zero-order valence-corrected chi connectivity index (χ0v) is 37.2. The molecule has 2 aliphatic rings. The Morgan fingerprint density at radius 1 is 0.525 bits per heavy atom. The van der Waals surface area contributed by atoms with Crippen LogP contribution in [0, 0.1) is 23.7 Å². The third kappa shape index (κ3) is 9.63. The lowest BCUT2D eigenvalue weighted by Crippen LogP contribution is -2.29. The van der Waals surface area contributed by atoms with Crippen LogP contribution < -0.4 is 24.4 Å². The fourth-order valence-electron chi connectivity index (χ4n) is 7.56. The van der Waals surface area contributed by atoms with Crippen LogP contribution in [-0.4, -0.2) is 70.6 Å². The van der Waals surface area contributed by atoms with Crippen molar-refractivity contribution in [1.82, 2.24) is 0 Å². The fourth-order valence-corrected chi connectivity index (χ4v) is 8.15. The van der Waals surface area contributed by atoms with Crippen LogP contribution in [0.1, 0.15) is 103 Å². The lowest BCUT2D eigenvalue weighted by atomic mass is 9.69. The van der Waals surface area contributed by atoms with Crippen molar-refractivity contribution in [1.29, 1.82) is 0 Å². The minimum absolute atomic E-state index is 0.0621. The Morgan fingerprint density at radius 3 is 1.41 bits per heavy atom. The van der Waals surface area contributed by atoms with E-state index in [1.165, 1.54) is 12.0 Å². The second-order valence-corrected chi connectivity index (χ2v) is 17.5. The van der Waals surface area contributed by atoms with Crippen molar-refractivity contribution in [2.45, 2.75) is 91.4 Å². The number of aliphatic hydroxyl groups is 2. The predicted octanol–water partition coefficient (Wildman–Crippen LogP) is 10.00. The maximum Gasteiger partial charge on any atom is 0.330 e. The van der Waals surface area contributed by atoms with Crippen molar-refractivity contribution < 1.29 is 38.0 Å². The molecule has 317 valence electrons. The van der Waals surface area contributed by atoms with Gasteiger partial charge in [-0.05, 0) is 105 Å². The molecule has 4 unspecified atom stereocenters. The van der Waals surface area contributed by atoms with Gasteiger partial charge in [0.15, 0.2) is 23.0 Å². The molecule has 0 saturated heterocycles. The zero-order chi connectivity index (χ0) is 42.1. The molecule has 59 heavy (non-hydrogen) atoms. The highest BCUT2D eigenvalue weighted by molar-refractivity contribution is 7.94. The van der Waals surface area contributed by atoms with Gasteiger partial charge in [-0.2, -0.15) is 0 Å². The van der Waals surface area contributed by atoms with Crippen LogP contribution >= 0.6 is 12.0 Å². The van der Waals surface area contributed by atoms with Crippen LogP contribution in [0.3, 0.4) is 0 Å². The lowest BCUT2D eigenvalue weighted by molar-refractivity contribution is 0.209. The summed E-state index contributed by atoms with van der Waals surface area (Å²) >= 11 is 1.27. The van der Waals surface area contributed by atoms with Gasteiger partial charge in [-0.15, -0.1) is 0 Å². The summed E-state index contributed by atoms with van der Waals surface area (Å²) in [7, 11) is 1.73. The molecular formula is C49H64BO8S. The Kier molecular flexibility index (Phi) is 15.8. The highest BCUT2D eigenvalue weighted by atomic mass is 32.2. The maximum atomic E-state index is 9.55. The van der Waals surface area contributed by atoms with Crippen molar-refractivity contribution in [3.05, 3.63) is 82.9 Å². The van der Waals surface area contributed by atoms with Gasteiger partial charge in [-0.3, -0.25) is 0 Å². The molecule has 1 spiro atoms. The number of ether oxygens (including phenoxy) is 4. The standard InChI is InChI=1S/C49H64BO8S/c1-9-31(5)27-53-45-23-39-40-24-46(54-28-32(6)10-2)48(56-30-34(8)12-4)26-44(40)49(43(39)25-47(45)55-29-33(7)11-3)41-21-35(50-57-19-17-51)13-15-37(41)38-16-14-36(22-42(38)49)59-58-20-18-52/h13-16,21-26,31-34,51-52H,9-12,17-20,27-30H2,1-8H3. The minimum atomic E-state index is -0.808. The van der Waals surface area contributed by atoms with Crippen LogP contribution in [0.2, 0.25) is 0 Å². The number of hydrogen-bond donors (Lipinski definition) is 2. The van der Waals surface area contributed by atoms with Crippen LogP contribution in [0.15, 0.2) is 65.6 Å². The van der Waals surface area contributed by atoms with Crippen molar-refractivity contribution >= 4 is 25.0 Å². The summed E-state index contributed by atoms with van der Waals surface area (Å²) in [5.74, 6) is 4.36. The van der Waals surface area contributed by atoms with E-state index in [1.54, 1.807) is 7.48 Å². The first-order valence-electron chi connectivity index (χ1n) is 21.8. The van der Waals surface area contributed by atoms with E-state index in [0.717, 1.165) is 104 Å². The predicted molar refractivity (Wildman–Crippen MR) is 240 cm³/mol. The van der Waals surface area contributed by atoms with Crippen LogP contribution in [-0.2, 0) is 14.3 Å². The van der Waals surface area contributed by atoms with Gasteiger partial charge in [0.05, 0.1) is 58.3 Å². The van der Waals surface area contributed by atoms with Gasteiger partial charge in [-0.1, -0.05) is 111 Å². The van der Waals surface area contributed by atoms with E-state index < -0.39 is 5.41 Å². The summed E-state index contributed by atoms with van der Waals surface area (Å²) in [4.78, 5) is 0.931. The van der Waals surface area contributed by atoms with E-state index in [0.29, 0.717) is 50.1 Å². The number of rotatable bonds is 24. The Balaban J connectivity index is 1.69. The summed E-state index contributed by atoms with van der Waals surface area (Å²) in [6.07, 6.45) is 4.01. The van der Waals surface area contributed by atoms with Gasteiger partial charge >= 0.3 is 7.48 Å². The van der Waals surface area contributed by atoms with Crippen molar-refractivity contribution in [2.75, 3.05) is 52.9 Å². The highest BCUT2D eigenvalue weighted by Gasteiger charge is 2.53. The molecule has 4 aromatic carbocycles. The van der Waals surface area contributed by atoms with E-state index in [2.05, 4.69) is 116 Å². The SMILES string of the molecule is CCC(C)COc1cc2c(cc1OCC(C)CC)C1(c3cc([B]OCCO)ccc3-c3ccc(SOCCO)cc31)c1cc(OCC(C)CC)c(OCC(C)CC)cc1-2. The largest absolute Gasteiger partial charge is 0.489 e. The molecule has 0 aromatic heterocycles. The van der Waals surface area contributed by atoms with Gasteiger partial charge in [0, 0.05) is 16.9 Å². The molecule has 0 heterocycles. The summed E-state index contributed by atoms with van der Waals surface area (Å²) in [6, 6.07) is 21.8. The van der Waals surface area contributed by atoms with Crippen LogP contribution in [0.25, 0.3) is 22.3 Å². The lowest BCUT2D eigenvalue weighted by Gasteiger charge is -2.32. The molecule has 0 amide bonds. The second-order valence-electron chi connectivity index (χ2n) is 16.6. The van der Waals surface area contributed by atoms with Gasteiger partial charge in [-0.25, -0.2) is 0 Å². The molecule has 2 N–H and O–H groups in total. The fraction of sp³-hybridized carbons (Fsp3) is 0.510. The summed E-state index contributed by atoms with van der Waals surface area (Å²) < 4.78 is 38.5. The third-order valence-corrected chi connectivity index (χ3v) is 12.8. The molecule has 4 aromatic rings. The van der Waals surface area contributed by atoms with Crippen LogP contribution in [0.4, 0.5) is 0 Å². The average molecular weight is 824 g/mol. The molecular weight excluding hydrogens is 759 g/mol. The van der Waals surface area contributed by atoms with Crippen molar-refractivity contribution in [3.8, 4) is 45.3 Å². The molecule has 0 saturated carbocycles. The monoisotopic (exact) mass is 823 g/mol. The Hall–Kier alpha value is -3.67. The Bertz CT molecular complexity index is 1880. The van der Waals surface area contributed by atoms with E-state index in [4.69, 9.17) is 27.8 Å². The van der Waals surface area contributed by atoms with Crippen molar-refractivity contribution in [3.63, 3.8) is 0 Å². The van der Waals surface area contributed by atoms with Gasteiger partial charge in [0.2, 0.25) is 0 Å². The van der Waals surface area contributed by atoms with Crippen LogP contribution in [0.5, 0.6) is 23.0 Å². The third-order valence-electron chi connectivity index (χ3n) is 12.0. The Labute approximate surface area is 357 Å². The Morgan fingerprint density at radius 2 is 0.949 bits per heavy atom. The number of hydrogen-bond acceptors (Lipinski definition) is 9. The number of aliphatic hydroxyl groups excluding tert-OH is 2. The molecule has 6 rings (SSSR count). The van der Waals surface area contributed by atoms with E-state index >= 15 is 0 Å². The number of benzene rings is 4. The van der Waals surface area contributed by atoms with Gasteiger partial charge in [0.25, 0.3) is 0 Å². The smallest absolute Gasteiger partial charge is 0.330 e. The second kappa shape index (κ2) is 20.7. The molecule has 8 nitrogen and oxygen atoms in total. The van der Waals surface area contributed by atoms with Crippen molar-refractivity contribution in [2.24, 2.45) is 23.7 Å². The average Bonchev–Trinajstić information content (AvgIpc) is 3.70. The van der Waals surface area contributed by atoms with E-state index in [-0.39, 0.29) is 26.4 Å². The summed E-state index contributed by atoms with van der Waals surface area (Å²) in [6.45, 7) is 20.2. The highest BCUT2D eigenvalue weighted by Crippen LogP contribution is 2.65. The molecule has 4 atom stereocenters. The van der Waals surface area contributed by atoms with E-state index in [9.17, 15) is 10.2 Å². The quantitative estimate of drug-likeness (QED) is 0.0352. The topological polar surface area (TPSA) is 95.8 Å². The molecule has 0 bridgehead atoms. The molecule has 0 fully saturated rings. The summed E-state index contributed by atoms with van der Waals surface area (Å²) in [5, 5.41) is 19.1. The maximum absolute atomic E-state index is 9.55.